The van der Waals surface area contributed by atoms with E-state index in [0.29, 0.717) is 39.9 Å². The first-order valence-corrected chi connectivity index (χ1v) is 12.8. The Labute approximate surface area is 219 Å². The van der Waals surface area contributed by atoms with Crippen LogP contribution in [0.3, 0.4) is 0 Å². The first-order chi connectivity index (χ1) is 17.4. The Morgan fingerprint density at radius 1 is 1.08 bits per heavy atom. The number of thiazole rings is 1. The van der Waals surface area contributed by atoms with Gasteiger partial charge in [0.25, 0.3) is 5.78 Å². The van der Waals surface area contributed by atoms with Gasteiger partial charge in [-0.05, 0) is 67.1 Å². The number of amides is 1. The summed E-state index contributed by atoms with van der Waals surface area (Å²) in [6, 6.07) is 18.6. The van der Waals surface area contributed by atoms with Crippen LogP contribution in [0.2, 0.25) is 0 Å². The van der Waals surface area contributed by atoms with Crippen LogP contribution in [0.25, 0.3) is 16.0 Å². The zero-order valence-electron chi connectivity index (χ0n) is 19.4. The Bertz CT molecular complexity index is 1510. The smallest absolute Gasteiger partial charge is 0.301 e. The van der Waals surface area contributed by atoms with E-state index < -0.39 is 17.7 Å². The molecular weight excluding hydrogens is 544 g/mol. The number of carbonyl (C=O) groups excluding carboxylic acids is 2. The molecule has 36 heavy (non-hydrogen) atoms. The number of benzene rings is 3. The number of ether oxygens (including phenoxy) is 2. The molecule has 1 aliphatic heterocycles. The summed E-state index contributed by atoms with van der Waals surface area (Å²) in [5.41, 5.74) is 1.75. The lowest BCUT2D eigenvalue weighted by Gasteiger charge is -2.23. The topological polar surface area (TPSA) is 89.0 Å². The monoisotopic (exact) mass is 564 g/mol. The van der Waals surface area contributed by atoms with Gasteiger partial charge in [0.1, 0.15) is 17.3 Å². The minimum Gasteiger partial charge on any atom is -0.507 e. The van der Waals surface area contributed by atoms with Crippen molar-refractivity contribution in [2.75, 3.05) is 18.6 Å². The third-order valence-electron chi connectivity index (χ3n) is 5.84. The largest absolute Gasteiger partial charge is 0.507 e. The van der Waals surface area contributed by atoms with Crippen LogP contribution in [0.15, 0.2) is 76.8 Å². The summed E-state index contributed by atoms with van der Waals surface area (Å²) in [5, 5.41) is 11.7. The molecule has 182 valence electrons. The van der Waals surface area contributed by atoms with E-state index in [1.165, 1.54) is 16.2 Å². The maximum Gasteiger partial charge on any atom is 0.301 e. The summed E-state index contributed by atoms with van der Waals surface area (Å²) in [6.45, 7) is 2.39. The molecule has 9 heteroatoms. The van der Waals surface area contributed by atoms with Gasteiger partial charge >= 0.3 is 5.91 Å². The molecule has 1 aliphatic rings. The molecule has 1 amide bonds. The normalized spacial score (nSPS) is 17.1. The van der Waals surface area contributed by atoms with Gasteiger partial charge in [0, 0.05) is 10.0 Å². The molecule has 1 unspecified atom stereocenters. The Morgan fingerprint density at radius 3 is 2.53 bits per heavy atom. The van der Waals surface area contributed by atoms with Gasteiger partial charge in [0.05, 0.1) is 35.5 Å². The maximum absolute atomic E-state index is 13.4. The number of anilines is 1. The van der Waals surface area contributed by atoms with Crippen LogP contribution < -0.4 is 14.4 Å². The molecule has 0 aliphatic carbocycles. The number of nitrogens with zero attached hydrogens (tertiary/aromatic N) is 2. The van der Waals surface area contributed by atoms with E-state index in [4.69, 9.17) is 9.47 Å². The molecule has 1 atom stereocenters. The Morgan fingerprint density at radius 2 is 1.83 bits per heavy atom. The number of aliphatic hydroxyl groups excluding tert-OH is 1. The summed E-state index contributed by atoms with van der Waals surface area (Å²) < 4.78 is 12.4. The van der Waals surface area contributed by atoms with E-state index in [-0.39, 0.29) is 11.3 Å². The summed E-state index contributed by atoms with van der Waals surface area (Å²) >= 11 is 4.76. The second-order valence-electron chi connectivity index (χ2n) is 8.01. The number of hydrogen-bond donors (Lipinski definition) is 1. The predicted molar refractivity (Wildman–Crippen MR) is 143 cm³/mol. The van der Waals surface area contributed by atoms with Crippen molar-refractivity contribution in [3.05, 3.63) is 87.9 Å². The lowest BCUT2D eigenvalue weighted by molar-refractivity contribution is -0.132. The number of carbonyl (C=O) groups is 2. The van der Waals surface area contributed by atoms with Gasteiger partial charge in [-0.15, -0.1) is 0 Å². The highest BCUT2D eigenvalue weighted by Gasteiger charge is 2.48. The van der Waals surface area contributed by atoms with Gasteiger partial charge in [-0.25, -0.2) is 4.98 Å². The van der Waals surface area contributed by atoms with Crippen LogP contribution in [0, 0.1) is 0 Å². The van der Waals surface area contributed by atoms with Gasteiger partial charge in [-0.1, -0.05) is 39.4 Å². The molecule has 5 rings (SSSR count). The van der Waals surface area contributed by atoms with Crippen LogP contribution in [0.4, 0.5) is 5.13 Å². The van der Waals surface area contributed by atoms with Crippen molar-refractivity contribution in [1.29, 1.82) is 0 Å². The molecule has 0 saturated carbocycles. The third kappa shape index (κ3) is 4.25. The van der Waals surface area contributed by atoms with Crippen molar-refractivity contribution in [2.24, 2.45) is 0 Å². The number of halogens is 1. The molecule has 1 fully saturated rings. The Hall–Kier alpha value is -3.69. The van der Waals surface area contributed by atoms with Crippen molar-refractivity contribution in [2.45, 2.75) is 13.0 Å². The number of Topliss-reactive ketones (excluding diaryl/α,β-unsaturated/α-hetero) is 1. The maximum atomic E-state index is 13.4. The lowest BCUT2D eigenvalue weighted by Crippen LogP contribution is -2.29. The number of aliphatic hydroxyl groups is 1. The van der Waals surface area contributed by atoms with E-state index in [1.54, 1.807) is 43.5 Å². The minimum absolute atomic E-state index is 0.000837. The second kappa shape index (κ2) is 9.75. The van der Waals surface area contributed by atoms with Crippen molar-refractivity contribution in [3.63, 3.8) is 0 Å². The molecule has 7 nitrogen and oxygen atoms in total. The lowest BCUT2D eigenvalue weighted by atomic mass is 9.95. The molecule has 1 saturated heterocycles. The molecule has 4 aromatic rings. The first kappa shape index (κ1) is 24.0. The molecular formula is C27H21BrN2O5S. The van der Waals surface area contributed by atoms with E-state index in [9.17, 15) is 14.7 Å². The Kier molecular flexibility index (Phi) is 6.51. The molecule has 1 N–H and O–H groups in total. The molecule has 1 aromatic heterocycles. The molecule has 3 aromatic carbocycles. The van der Waals surface area contributed by atoms with E-state index in [2.05, 4.69) is 20.9 Å². The standard InChI is InChI=1S/C27H21BrN2O5S/c1-3-35-18-9-7-15(8-10-18)24(31)22-23(16-5-4-6-17(28)13-16)30(26(33)25(22)32)27-29-20-12-11-19(34-2)14-21(20)36-27/h4-14,23,31H,3H2,1-2H3/b24-22+. The summed E-state index contributed by atoms with van der Waals surface area (Å²) in [7, 11) is 1.58. The molecule has 0 bridgehead atoms. The zero-order chi connectivity index (χ0) is 25.4. The summed E-state index contributed by atoms with van der Waals surface area (Å²) in [6.07, 6.45) is 0. The highest BCUT2D eigenvalue weighted by atomic mass is 79.9. The average Bonchev–Trinajstić information content (AvgIpc) is 3.42. The van der Waals surface area contributed by atoms with E-state index >= 15 is 0 Å². The highest BCUT2D eigenvalue weighted by Crippen LogP contribution is 2.45. The predicted octanol–water partition coefficient (Wildman–Crippen LogP) is 6.09. The highest BCUT2D eigenvalue weighted by molar-refractivity contribution is 9.10. The van der Waals surface area contributed by atoms with Crippen molar-refractivity contribution in [1.82, 2.24) is 4.98 Å². The van der Waals surface area contributed by atoms with Gasteiger partial charge in [-0.2, -0.15) is 0 Å². The molecule has 0 spiro atoms. The number of ketones is 1. The fraction of sp³-hybridized carbons (Fsp3) is 0.148. The Balaban J connectivity index is 1.68. The van der Waals surface area contributed by atoms with Crippen molar-refractivity contribution in [3.8, 4) is 11.5 Å². The quantitative estimate of drug-likeness (QED) is 0.173. The summed E-state index contributed by atoms with van der Waals surface area (Å²) in [4.78, 5) is 32.8. The number of rotatable bonds is 6. The van der Waals surface area contributed by atoms with Gasteiger partial charge in [-0.3, -0.25) is 14.5 Å². The summed E-state index contributed by atoms with van der Waals surface area (Å²) in [5.74, 6) is -0.477. The molecule has 0 radical (unpaired) electrons. The number of methoxy groups -OCH3 is 1. The average molecular weight is 565 g/mol. The van der Waals surface area contributed by atoms with Crippen LogP contribution in [0.5, 0.6) is 11.5 Å². The fourth-order valence-corrected chi connectivity index (χ4v) is 5.61. The minimum atomic E-state index is -0.864. The van der Waals surface area contributed by atoms with Crippen molar-refractivity contribution >= 4 is 60.1 Å². The van der Waals surface area contributed by atoms with E-state index in [0.717, 1.165) is 9.17 Å². The third-order valence-corrected chi connectivity index (χ3v) is 7.35. The number of hydrogen-bond acceptors (Lipinski definition) is 7. The van der Waals surface area contributed by atoms with Gasteiger partial charge < -0.3 is 14.6 Å². The zero-order valence-corrected chi connectivity index (χ0v) is 21.8. The first-order valence-electron chi connectivity index (χ1n) is 11.2. The fourth-order valence-electron chi connectivity index (χ4n) is 4.18. The van der Waals surface area contributed by atoms with Crippen LogP contribution >= 0.6 is 27.3 Å². The van der Waals surface area contributed by atoms with Gasteiger partial charge in [0.15, 0.2) is 5.13 Å². The van der Waals surface area contributed by atoms with Gasteiger partial charge in [0.2, 0.25) is 0 Å². The van der Waals surface area contributed by atoms with E-state index in [1.807, 2.05) is 37.3 Å². The SMILES string of the molecule is CCOc1ccc(/C(O)=C2\C(=O)C(=O)N(c3nc4ccc(OC)cc4s3)C2c2cccc(Br)c2)cc1. The van der Waals surface area contributed by atoms with Crippen LogP contribution in [-0.2, 0) is 9.59 Å². The second-order valence-corrected chi connectivity index (χ2v) is 9.94. The van der Waals surface area contributed by atoms with Crippen molar-refractivity contribution < 1.29 is 24.2 Å². The van der Waals surface area contributed by atoms with Crippen LogP contribution in [-0.4, -0.2) is 35.5 Å². The van der Waals surface area contributed by atoms with Crippen LogP contribution in [0.1, 0.15) is 24.1 Å². The number of fused-ring (bicyclic) bond motifs is 1. The molecule has 2 heterocycles. The number of aromatic nitrogens is 1.